The van der Waals surface area contributed by atoms with Gasteiger partial charge in [0.25, 0.3) is 0 Å². The molecule has 0 unspecified atom stereocenters. The fraction of sp³-hybridized carbons (Fsp3) is 0.133. The molecule has 5 heteroatoms. The summed E-state index contributed by atoms with van der Waals surface area (Å²) in [5.41, 5.74) is 8.04. The quantitative estimate of drug-likeness (QED) is 0.749. The van der Waals surface area contributed by atoms with Gasteiger partial charge in [0.1, 0.15) is 5.82 Å². The van der Waals surface area contributed by atoms with Crippen LogP contribution in [0.25, 0.3) is 0 Å². The van der Waals surface area contributed by atoms with Crippen LogP contribution in [-0.2, 0) is 0 Å². The SMILES string of the molecule is Cc1ccc(C)c(Nc2cc(C(=O)O)c(N)cc2F)c1. The minimum Gasteiger partial charge on any atom is -0.478 e. The predicted octanol–water partition coefficient (Wildman–Crippen LogP) is 3.47. The Morgan fingerprint density at radius 2 is 1.90 bits per heavy atom. The molecule has 0 aliphatic rings. The van der Waals surface area contributed by atoms with Crippen molar-refractivity contribution in [1.82, 2.24) is 0 Å². The normalized spacial score (nSPS) is 10.3. The molecule has 4 N–H and O–H groups in total. The van der Waals surface area contributed by atoms with E-state index in [1.165, 1.54) is 6.07 Å². The van der Waals surface area contributed by atoms with Crippen molar-refractivity contribution in [3.05, 3.63) is 52.8 Å². The van der Waals surface area contributed by atoms with E-state index in [2.05, 4.69) is 5.32 Å². The molecule has 0 saturated heterocycles. The number of aromatic carboxylic acids is 1. The summed E-state index contributed by atoms with van der Waals surface area (Å²) in [6.45, 7) is 3.81. The van der Waals surface area contributed by atoms with Gasteiger partial charge in [-0.05, 0) is 43.2 Å². The lowest BCUT2D eigenvalue weighted by Crippen LogP contribution is -2.05. The summed E-state index contributed by atoms with van der Waals surface area (Å²) in [5, 5.41) is 11.9. The van der Waals surface area contributed by atoms with Gasteiger partial charge in [0.15, 0.2) is 0 Å². The van der Waals surface area contributed by atoms with Crippen molar-refractivity contribution in [3.63, 3.8) is 0 Å². The fourth-order valence-electron chi connectivity index (χ4n) is 1.89. The summed E-state index contributed by atoms with van der Waals surface area (Å²) in [7, 11) is 0. The molecule has 0 aliphatic carbocycles. The first-order valence-electron chi connectivity index (χ1n) is 6.05. The highest BCUT2D eigenvalue weighted by molar-refractivity contribution is 5.95. The topological polar surface area (TPSA) is 75.3 Å². The molecule has 0 fully saturated rings. The van der Waals surface area contributed by atoms with E-state index < -0.39 is 11.8 Å². The number of carbonyl (C=O) groups is 1. The van der Waals surface area contributed by atoms with Crippen LogP contribution in [-0.4, -0.2) is 11.1 Å². The summed E-state index contributed by atoms with van der Waals surface area (Å²) in [6.07, 6.45) is 0. The molecule has 0 aliphatic heterocycles. The van der Waals surface area contributed by atoms with Crippen LogP contribution in [0, 0.1) is 19.7 Å². The Bertz CT molecular complexity index is 684. The van der Waals surface area contributed by atoms with Crippen molar-refractivity contribution in [3.8, 4) is 0 Å². The first kappa shape index (κ1) is 13.9. The molecule has 0 amide bonds. The number of nitrogens with two attached hydrogens (primary N) is 1. The number of carboxylic acid groups (broad SMARTS) is 1. The van der Waals surface area contributed by atoms with Crippen LogP contribution in [0.4, 0.5) is 21.5 Å². The fourth-order valence-corrected chi connectivity index (χ4v) is 1.89. The van der Waals surface area contributed by atoms with Crippen LogP contribution < -0.4 is 11.1 Å². The van der Waals surface area contributed by atoms with E-state index >= 15 is 0 Å². The Hall–Kier alpha value is -2.56. The van der Waals surface area contributed by atoms with Crippen LogP contribution in [0.2, 0.25) is 0 Å². The molecule has 0 bridgehead atoms. The molecular formula is C15H15FN2O2. The first-order valence-corrected chi connectivity index (χ1v) is 6.05. The number of hydrogen-bond donors (Lipinski definition) is 3. The number of hydrogen-bond acceptors (Lipinski definition) is 3. The number of anilines is 3. The predicted molar refractivity (Wildman–Crippen MR) is 77.0 cm³/mol. The number of halogens is 1. The molecule has 2 rings (SSSR count). The molecule has 0 aromatic heterocycles. The molecule has 0 spiro atoms. The highest BCUT2D eigenvalue weighted by Gasteiger charge is 2.13. The summed E-state index contributed by atoms with van der Waals surface area (Å²) in [6, 6.07) is 7.94. The van der Waals surface area contributed by atoms with Crippen LogP contribution >= 0.6 is 0 Å². The zero-order valence-corrected chi connectivity index (χ0v) is 11.2. The lowest BCUT2D eigenvalue weighted by atomic mass is 10.1. The molecule has 0 saturated carbocycles. The molecule has 20 heavy (non-hydrogen) atoms. The van der Waals surface area contributed by atoms with Crippen molar-refractivity contribution >= 4 is 23.0 Å². The molecule has 104 valence electrons. The minimum atomic E-state index is -1.19. The minimum absolute atomic E-state index is 0.0882. The van der Waals surface area contributed by atoms with Gasteiger partial charge in [-0.3, -0.25) is 0 Å². The van der Waals surface area contributed by atoms with Gasteiger partial charge in [-0.15, -0.1) is 0 Å². The highest BCUT2D eigenvalue weighted by Crippen LogP contribution is 2.27. The molecule has 4 nitrogen and oxygen atoms in total. The van der Waals surface area contributed by atoms with Gasteiger partial charge in [-0.1, -0.05) is 12.1 Å². The standard InChI is InChI=1S/C15H15FN2O2/c1-8-3-4-9(2)13(5-8)18-14-6-10(15(19)20)12(17)7-11(14)16/h3-7,18H,17H2,1-2H3,(H,19,20). The van der Waals surface area contributed by atoms with Crippen LogP contribution in [0.15, 0.2) is 30.3 Å². The maximum atomic E-state index is 13.9. The van der Waals surface area contributed by atoms with Crippen LogP contribution in [0.1, 0.15) is 21.5 Å². The zero-order valence-electron chi connectivity index (χ0n) is 11.2. The molecule has 0 radical (unpaired) electrons. The Kier molecular flexibility index (Phi) is 3.61. The summed E-state index contributed by atoms with van der Waals surface area (Å²) in [5.74, 6) is -1.78. The molecule has 2 aromatic carbocycles. The van der Waals surface area contributed by atoms with Gasteiger partial charge in [0, 0.05) is 11.4 Å². The first-order chi connectivity index (χ1) is 9.38. The second-order valence-corrected chi connectivity index (χ2v) is 4.67. The van der Waals surface area contributed by atoms with Crippen molar-refractivity contribution in [2.75, 3.05) is 11.1 Å². The Labute approximate surface area is 116 Å². The van der Waals surface area contributed by atoms with Crippen molar-refractivity contribution in [2.45, 2.75) is 13.8 Å². The Morgan fingerprint density at radius 1 is 1.20 bits per heavy atom. The van der Waals surface area contributed by atoms with E-state index in [9.17, 15) is 9.18 Å². The Morgan fingerprint density at radius 3 is 2.55 bits per heavy atom. The maximum absolute atomic E-state index is 13.9. The number of nitrogens with one attached hydrogen (secondary N) is 1. The lowest BCUT2D eigenvalue weighted by molar-refractivity contribution is 0.0698. The summed E-state index contributed by atoms with van der Waals surface area (Å²) in [4.78, 5) is 11.0. The van der Waals surface area contributed by atoms with E-state index in [4.69, 9.17) is 10.8 Å². The second kappa shape index (κ2) is 5.21. The van der Waals surface area contributed by atoms with Gasteiger partial charge in [-0.25, -0.2) is 9.18 Å². The highest BCUT2D eigenvalue weighted by atomic mass is 19.1. The number of carboxylic acids is 1. The summed E-state index contributed by atoms with van der Waals surface area (Å²) >= 11 is 0. The summed E-state index contributed by atoms with van der Waals surface area (Å²) < 4.78 is 13.9. The molecule has 2 aromatic rings. The third-order valence-corrected chi connectivity index (χ3v) is 3.03. The van der Waals surface area contributed by atoms with Gasteiger partial charge < -0.3 is 16.2 Å². The molecule has 0 heterocycles. The number of aryl methyl sites for hydroxylation is 2. The maximum Gasteiger partial charge on any atom is 0.337 e. The Balaban J connectivity index is 2.45. The van der Waals surface area contributed by atoms with Crippen LogP contribution in [0.3, 0.4) is 0 Å². The van der Waals surface area contributed by atoms with Crippen molar-refractivity contribution < 1.29 is 14.3 Å². The van der Waals surface area contributed by atoms with Gasteiger partial charge in [0.2, 0.25) is 0 Å². The van der Waals surface area contributed by atoms with E-state index in [0.717, 1.165) is 22.9 Å². The van der Waals surface area contributed by atoms with Gasteiger partial charge >= 0.3 is 5.97 Å². The molecule has 0 atom stereocenters. The molecular weight excluding hydrogens is 259 g/mol. The van der Waals surface area contributed by atoms with E-state index in [1.807, 2.05) is 32.0 Å². The zero-order chi connectivity index (χ0) is 14.9. The van der Waals surface area contributed by atoms with Crippen molar-refractivity contribution in [1.29, 1.82) is 0 Å². The number of benzene rings is 2. The van der Waals surface area contributed by atoms with E-state index in [-0.39, 0.29) is 16.9 Å². The van der Waals surface area contributed by atoms with Crippen LogP contribution in [0.5, 0.6) is 0 Å². The largest absolute Gasteiger partial charge is 0.478 e. The van der Waals surface area contributed by atoms with E-state index in [1.54, 1.807) is 0 Å². The smallest absolute Gasteiger partial charge is 0.337 e. The monoisotopic (exact) mass is 274 g/mol. The van der Waals surface area contributed by atoms with Gasteiger partial charge in [0.05, 0.1) is 11.3 Å². The average molecular weight is 274 g/mol. The average Bonchev–Trinajstić information content (AvgIpc) is 2.36. The third-order valence-electron chi connectivity index (χ3n) is 3.03. The van der Waals surface area contributed by atoms with Crippen molar-refractivity contribution in [2.24, 2.45) is 0 Å². The lowest BCUT2D eigenvalue weighted by Gasteiger charge is -2.13. The van der Waals surface area contributed by atoms with Gasteiger partial charge in [-0.2, -0.15) is 0 Å². The second-order valence-electron chi connectivity index (χ2n) is 4.67. The third kappa shape index (κ3) is 2.71. The van der Waals surface area contributed by atoms with E-state index in [0.29, 0.717) is 0 Å². The number of rotatable bonds is 3. The number of nitrogen functional groups attached to an aromatic ring is 1.